The minimum atomic E-state index is -0.931. The summed E-state index contributed by atoms with van der Waals surface area (Å²) in [6.07, 6.45) is -0.931. The summed E-state index contributed by atoms with van der Waals surface area (Å²) < 4.78 is 0. The van der Waals surface area contributed by atoms with Gasteiger partial charge in [-0.25, -0.2) is 0 Å². The highest BCUT2D eigenvalue weighted by Gasteiger charge is 1.93. The Balaban J connectivity index is 3.51. The molecule has 0 aromatic carbocycles. The Morgan fingerprint density at radius 2 is 2.12 bits per heavy atom. The summed E-state index contributed by atoms with van der Waals surface area (Å²) in [5.41, 5.74) is 0.770. The van der Waals surface area contributed by atoms with E-state index in [2.05, 4.69) is 4.99 Å². The Bertz CT molecular complexity index is 86.4. The molecule has 2 N–H and O–H groups in total. The van der Waals surface area contributed by atoms with E-state index in [0.717, 1.165) is 5.71 Å². The van der Waals surface area contributed by atoms with Gasteiger partial charge in [0.1, 0.15) is 0 Å². The number of hydrogen-bond acceptors (Lipinski definition) is 3. The molecular weight excluding hydrogens is 106 g/mol. The van der Waals surface area contributed by atoms with Crippen LogP contribution in [0.15, 0.2) is 4.99 Å². The molecule has 1 unspecified atom stereocenters. The maximum Gasteiger partial charge on any atom is 0.168 e. The van der Waals surface area contributed by atoms with Gasteiger partial charge in [0.15, 0.2) is 6.23 Å². The van der Waals surface area contributed by atoms with Gasteiger partial charge >= 0.3 is 0 Å². The van der Waals surface area contributed by atoms with Crippen molar-refractivity contribution in [1.29, 1.82) is 0 Å². The molecule has 8 heavy (non-hydrogen) atoms. The molecule has 0 rings (SSSR count). The van der Waals surface area contributed by atoms with Gasteiger partial charge in [0, 0.05) is 5.71 Å². The summed E-state index contributed by atoms with van der Waals surface area (Å²) in [6.45, 7) is 3.23. The molecule has 0 bridgehead atoms. The van der Waals surface area contributed by atoms with Crippen molar-refractivity contribution < 1.29 is 10.2 Å². The molecule has 0 spiro atoms. The van der Waals surface area contributed by atoms with Gasteiger partial charge in [-0.1, -0.05) is 0 Å². The zero-order chi connectivity index (χ0) is 6.57. The highest BCUT2D eigenvalue weighted by Crippen LogP contribution is 1.83. The van der Waals surface area contributed by atoms with Crippen molar-refractivity contribution in [3.63, 3.8) is 0 Å². The molecule has 48 valence electrons. The fraction of sp³-hybridized carbons (Fsp3) is 0.800. The van der Waals surface area contributed by atoms with E-state index in [0.29, 0.717) is 0 Å². The minimum absolute atomic E-state index is 0.300. The van der Waals surface area contributed by atoms with E-state index in [1.807, 2.05) is 0 Å². The van der Waals surface area contributed by atoms with Crippen LogP contribution in [0.1, 0.15) is 13.8 Å². The predicted octanol–water partition coefficient (Wildman–Crippen LogP) is -0.222. The second-order valence-corrected chi connectivity index (χ2v) is 1.74. The summed E-state index contributed by atoms with van der Waals surface area (Å²) in [6, 6.07) is 0. The number of aliphatic hydroxyl groups is 2. The van der Waals surface area contributed by atoms with Crippen molar-refractivity contribution in [3.8, 4) is 0 Å². The van der Waals surface area contributed by atoms with Crippen LogP contribution in [0.2, 0.25) is 0 Å². The minimum Gasteiger partial charge on any atom is -0.392 e. The highest BCUT2D eigenvalue weighted by atomic mass is 16.3. The van der Waals surface area contributed by atoms with Gasteiger partial charge in [-0.2, -0.15) is 0 Å². The molecule has 0 aliphatic rings. The van der Waals surface area contributed by atoms with Crippen LogP contribution in [0.4, 0.5) is 0 Å². The monoisotopic (exact) mass is 117 g/mol. The van der Waals surface area contributed by atoms with Crippen LogP contribution in [0.3, 0.4) is 0 Å². The first-order valence-electron chi connectivity index (χ1n) is 2.46. The van der Waals surface area contributed by atoms with Crippen molar-refractivity contribution in [2.24, 2.45) is 4.99 Å². The van der Waals surface area contributed by atoms with Crippen LogP contribution in [0.25, 0.3) is 0 Å². The second kappa shape index (κ2) is 3.57. The summed E-state index contributed by atoms with van der Waals surface area (Å²) >= 11 is 0. The molecule has 0 fully saturated rings. The summed E-state index contributed by atoms with van der Waals surface area (Å²) in [7, 11) is 0. The molecule has 3 nitrogen and oxygen atoms in total. The Hall–Kier alpha value is -0.410. The first-order valence-corrected chi connectivity index (χ1v) is 2.46. The largest absolute Gasteiger partial charge is 0.392 e. The topological polar surface area (TPSA) is 52.8 Å². The van der Waals surface area contributed by atoms with Gasteiger partial charge < -0.3 is 10.2 Å². The lowest BCUT2D eigenvalue weighted by atomic mass is 10.5. The number of aliphatic hydroxyl groups excluding tert-OH is 2. The Kier molecular flexibility index (Phi) is 3.39. The molecule has 0 aromatic heterocycles. The normalized spacial score (nSPS) is 13.0. The van der Waals surface area contributed by atoms with Gasteiger partial charge in [0.2, 0.25) is 0 Å². The first-order chi connectivity index (χ1) is 3.66. The van der Waals surface area contributed by atoms with Gasteiger partial charge in [-0.3, -0.25) is 4.99 Å². The van der Waals surface area contributed by atoms with Crippen molar-refractivity contribution in [2.45, 2.75) is 20.1 Å². The lowest BCUT2D eigenvalue weighted by Gasteiger charge is -1.98. The van der Waals surface area contributed by atoms with Crippen molar-refractivity contribution >= 4 is 5.71 Å². The number of aliphatic imine (C=N–C) groups is 1. The fourth-order valence-corrected chi connectivity index (χ4v) is 0.339. The van der Waals surface area contributed by atoms with Gasteiger partial charge in [0.05, 0.1) is 6.61 Å². The third-order valence-corrected chi connectivity index (χ3v) is 0.571. The van der Waals surface area contributed by atoms with Crippen LogP contribution in [0, 0.1) is 0 Å². The summed E-state index contributed by atoms with van der Waals surface area (Å²) in [5.74, 6) is 0. The summed E-state index contributed by atoms with van der Waals surface area (Å²) in [4.78, 5) is 3.62. The van der Waals surface area contributed by atoms with Gasteiger partial charge in [-0.05, 0) is 13.8 Å². The SMILES string of the molecule is CC(C)=NC(O)CO. The molecule has 0 saturated heterocycles. The average Bonchev–Trinajstić information content (AvgIpc) is 1.65. The van der Waals surface area contributed by atoms with E-state index in [4.69, 9.17) is 10.2 Å². The van der Waals surface area contributed by atoms with E-state index >= 15 is 0 Å². The Morgan fingerprint density at radius 3 is 2.25 bits per heavy atom. The van der Waals surface area contributed by atoms with Crippen LogP contribution in [-0.4, -0.2) is 28.8 Å². The average molecular weight is 117 g/mol. The van der Waals surface area contributed by atoms with Crippen molar-refractivity contribution in [3.05, 3.63) is 0 Å². The maximum absolute atomic E-state index is 8.59. The lowest BCUT2D eigenvalue weighted by Crippen LogP contribution is -2.09. The Labute approximate surface area is 48.7 Å². The quantitative estimate of drug-likeness (QED) is 0.491. The third kappa shape index (κ3) is 3.77. The van der Waals surface area contributed by atoms with Crippen LogP contribution >= 0.6 is 0 Å². The predicted molar refractivity (Wildman–Crippen MR) is 31.9 cm³/mol. The molecular formula is C5H11NO2. The van der Waals surface area contributed by atoms with Gasteiger partial charge in [-0.15, -0.1) is 0 Å². The van der Waals surface area contributed by atoms with Crippen LogP contribution in [-0.2, 0) is 0 Å². The number of rotatable bonds is 2. The zero-order valence-electron chi connectivity index (χ0n) is 5.13. The molecule has 0 saturated carbocycles. The molecule has 0 aliphatic heterocycles. The first kappa shape index (κ1) is 7.59. The lowest BCUT2D eigenvalue weighted by molar-refractivity contribution is 0.102. The van der Waals surface area contributed by atoms with Crippen molar-refractivity contribution in [2.75, 3.05) is 6.61 Å². The number of hydrogen-bond donors (Lipinski definition) is 2. The third-order valence-electron chi connectivity index (χ3n) is 0.571. The van der Waals surface area contributed by atoms with Crippen molar-refractivity contribution in [1.82, 2.24) is 0 Å². The molecule has 0 radical (unpaired) electrons. The van der Waals surface area contributed by atoms with Crippen LogP contribution in [0.5, 0.6) is 0 Å². The Morgan fingerprint density at radius 1 is 1.62 bits per heavy atom. The molecule has 0 aliphatic carbocycles. The van der Waals surface area contributed by atoms with E-state index in [-0.39, 0.29) is 6.61 Å². The highest BCUT2D eigenvalue weighted by molar-refractivity contribution is 5.79. The smallest absolute Gasteiger partial charge is 0.168 e. The van der Waals surface area contributed by atoms with Gasteiger partial charge in [0.25, 0.3) is 0 Å². The molecule has 0 heterocycles. The molecule has 0 aromatic rings. The van der Waals surface area contributed by atoms with Crippen LogP contribution < -0.4 is 0 Å². The van der Waals surface area contributed by atoms with E-state index in [1.165, 1.54) is 0 Å². The standard InChI is InChI=1S/C5H11NO2/c1-4(2)6-5(8)3-7/h5,7-8H,3H2,1-2H3. The maximum atomic E-state index is 8.59. The fourth-order valence-electron chi connectivity index (χ4n) is 0.339. The van der Waals surface area contributed by atoms with E-state index in [1.54, 1.807) is 13.8 Å². The molecule has 1 atom stereocenters. The molecule has 3 heteroatoms. The number of nitrogens with zero attached hydrogens (tertiary/aromatic N) is 1. The van der Waals surface area contributed by atoms with E-state index in [9.17, 15) is 0 Å². The summed E-state index contributed by atoms with van der Waals surface area (Å²) in [5, 5.41) is 16.8. The zero-order valence-corrected chi connectivity index (χ0v) is 5.13. The molecule has 0 amide bonds. The van der Waals surface area contributed by atoms with E-state index < -0.39 is 6.23 Å². The second-order valence-electron chi connectivity index (χ2n) is 1.74.